The van der Waals surface area contributed by atoms with Crippen molar-refractivity contribution in [1.82, 2.24) is 9.80 Å². The number of hydrogen-bond acceptors (Lipinski definition) is 6. The number of allylic oxidation sites excluding steroid dienone is 1. The number of aryl methyl sites for hydroxylation is 2. The predicted molar refractivity (Wildman–Crippen MR) is 97.0 cm³/mol. The maximum atomic E-state index is 12.8. The Bertz CT molecular complexity index is 848. The first-order chi connectivity index (χ1) is 12.3. The largest absolute Gasteiger partial charge is 0.450 e. The second kappa shape index (κ2) is 8.23. The number of carbonyl (C=O) groups excluding carboxylic acids is 1. The van der Waals surface area contributed by atoms with Crippen molar-refractivity contribution < 1.29 is 17.9 Å². The zero-order valence-corrected chi connectivity index (χ0v) is 16.0. The van der Waals surface area contributed by atoms with Gasteiger partial charge in [-0.15, -0.1) is 0 Å². The minimum atomic E-state index is -3.88. The Kier molecular flexibility index (Phi) is 6.27. The van der Waals surface area contributed by atoms with Crippen molar-refractivity contribution >= 4 is 15.9 Å². The van der Waals surface area contributed by atoms with E-state index >= 15 is 0 Å². The van der Waals surface area contributed by atoms with Gasteiger partial charge >= 0.3 is 6.09 Å². The van der Waals surface area contributed by atoms with Gasteiger partial charge in [0.2, 0.25) is 9.84 Å². The Morgan fingerprint density at radius 2 is 1.88 bits per heavy atom. The van der Waals surface area contributed by atoms with Gasteiger partial charge in [-0.1, -0.05) is 6.07 Å². The Labute approximate surface area is 154 Å². The molecule has 0 unspecified atom stereocenters. The average Bonchev–Trinajstić information content (AvgIpc) is 2.62. The summed E-state index contributed by atoms with van der Waals surface area (Å²) >= 11 is 0. The lowest BCUT2D eigenvalue weighted by Crippen LogP contribution is -2.47. The number of rotatable bonds is 4. The first kappa shape index (κ1) is 19.8. The molecule has 1 aromatic carbocycles. The molecule has 8 heteroatoms. The quantitative estimate of drug-likeness (QED) is 0.747. The van der Waals surface area contributed by atoms with E-state index in [2.05, 4.69) is 0 Å². The predicted octanol–water partition coefficient (Wildman–Crippen LogP) is 2.22. The van der Waals surface area contributed by atoms with Crippen LogP contribution in [-0.2, 0) is 14.6 Å². The number of amides is 1. The van der Waals surface area contributed by atoms with Crippen molar-refractivity contribution in [2.45, 2.75) is 25.7 Å². The molecule has 1 saturated heterocycles. The molecule has 0 saturated carbocycles. The maximum absolute atomic E-state index is 12.8. The molecule has 140 valence electrons. The smallest absolute Gasteiger partial charge is 0.409 e. The zero-order chi connectivity index (χ0) is 19.3. The molecular weight excluding hydrogens is 354 g/mol. The molecule has 0 radical (unpaired) electrons. The van der Waals surface area contributed by atoms with Crippen molar-refractivity contribution in [2.75, 3.05) is 32.8 Å². The second-order valence-corrected chi connectivity index (χ2v) is 7.99. The summed E-state index contributed by atoms with van der Waals surface area (Å²) in [5, 5.41) is 9.38. The topological polar surface area (TPSA) is 90.7 Å². The van der Waals surface area contributed by atoms with Gasteiger partial charge in [0.25, 0.3) is 0 Å². The van der Waals surface area contributed by atoms with Crippen LogP contribution in [0.3, 0.4) is 0 Å². The van der Waals surface area contributed by atoms with Crippen molar-refractivity contribution in [3.05, 3.63) is 40.4 Å². The first-order valence-electron chi connectivity index (χ1n) is 8.39. The normalized spacial score (nSPS) is 15.5. The number of nitriles is 1. The fraction of sp³-hybridized carbons (Fsp3) is 0.444. The molecule has 1 aliphatic heterocycles. The summed E-state index contributed by atoms with van der Waals surface area (Å²) in [6.07, 6.45) is 0.993. The lowest BCUT2D eigenvalue weighted by molar-refractivity contribution is 0.0890. The third-order valence-corrected chi connectivity index (χ3v) is 5.98. The lowest BCUT2D eigenvalue weighted by Gasteiger charge is -2.33. The number of piperazine rings is 1. The van der Waals surface area contributed by atoms with Crippen molar-refractivity contribution in [3.63, 3.8) is 0 Å². The minimum absolute atomic E-state index is 0.110. The molecule has 26 heavy (non-hydrogen) atoms. The van der Waals surface area contributed by atoms with E-state index in [-0.39, 0.29) is 15.9 Å². The summed E-state index contributed by atoms with van der Waals surface area (Å²) in [5.74, 6) is 0. The summed E-state index contributed by atoms with van der Waals surface area (Å²) < 4.78 is 30.5. The van der Waals surface area contributed by atoms with Gasteiger partial charge in [0, 0.05) is 32.4 Å². The van der Waals surface area contributed by atoms with Gasteiger partial charge in [0.15, 0.2) is 4.91 Å². The van der Waals surface area contributed by atoms with E-state index in [9.17, 15) is 18.5 Å². The van der Waals surface area contributed by atoms with Crippen LogP contribution < -0.4 is 0 Å². The average molecular weight is 377 g/mol. The monoisotopic (exact) mass is 377 g/mol. The first-order valence-corrected chi connectivity index (χ1v) is 9.88. The van der Waals surface area contributed by atoms with Gasteiger partial charge in [-0.3, -0.25) is 0 Å². The summed E-state index contributed by atoms with van der Waals surface area (Å²) in [7, 11) is -3.88. The highest BCUT2D eigenvalue weighted by molar-refractivity contribution is 7.95. The van der Waals surface area contributed by atoms with Crippen molar-refractivity contribution in [3.8, 4) is 6.07 Å². The Hall–Kier alpha value is -2.53. The number of hydrogen-bond donors (Lipinski definition) is 0. The molecule has 2 rings (SSSR count). The van der Waals surface area contributed by atoms with Crippen LogP contribution in [0.15, 0.2) is 34.2 Å². The maximum Gasteiger partial charge on any atom is 0.409 e. The van der Waals surface area contributed by atoms with Crippen molar-refractivity contribution in [1.29, 1.82) is 5.26 Å². The Morgan fingerprint density at radius 3 is 2.42 bits per heavy atom. The molecular formula is C18H23N3O4S. The molecule has 0 aromatic heterocycles. The molecule has 1 amide bonds. The molecule has 1 heterocycles. The number of carbonyl (C=O) groups is 1. The molecule has 1 aliphatic rings. The lowest BCUT2D eigenvalue weighted by atomic mass is 10.1. The molecule has 0 N–H and O–H groups in total. The van der Waals surface area contributed by atoms with Crippen LogP contribution in [0.2, 0.25) is 0 Å². The zero-order valence-electron chi connectivity index (χ0n) is 15.2. The standard InChI is InChI=1S/C18H23N3O4S/c1-4-25-18(22)21-9-7-20(8-10-21)13-17(12-19)26(23,24)16-6-5-14(2)15(3)11-16/h5-6,11,13H,4,7-10H2,1-3H3. The van der Waals surface area contributed by atoms with Gasteiger partial charge < -0.3 is 14.5 Å². The van der Waals surface area contributed by atoms with Crippen LogP contribution in [0.5, 0.6) is 0 Å². The van der Waals surface area contributed by atoms with Crippen LogP contribution in [0, 0.1) is 25.2 Å². The highest BCUT2D eigenvalue weighted by atomic mass is 32.2. The number of ether oxygens (including phenoxy) is 1. The number of benzene rings is 1. The fourth-order valence-corrected chi connectivity index (χ4v) is 3.82. The van der Waals surface area contributed by atoms with Crippen LogP contribution in [-0.4, -0.2) is 57.1 Å². The number of sulfone groups is 1. The van der Waals surface area contributed by atoms with E-state index in [4.69, 9.17) is 4.74 Å². The van der Waals surface area contributed by atoms with E-state index in [1.54, 1.807) is 34.9 Å². The summed E-state index contributed by atoms with van der Waals surface area (Å²) in [4.78, 5) is 14.8. The Morgan fingerprint density at radius 1 is 1.23 bits per heavy atom. The molecule has 0 aliphatic carbocycles. The molecule has 0 atom stereocenters. The van der Waals surface area contributed by atoms with Crippen LogP contribution in [0.4, 0.5) is 4.79 Å². The minimum Gasteiger partial charge on any atom is -0.450 e. The molecule has 1 aromatic rings. The summed E-state index contributed by atoms with van der Waals surface area (Å²) in [6, 6.07) is 6.63. The van der Waals surface area contributed by atoms with Gasteiger partial charge in [-0.05, 0) is 44.0 Å². The summed E-state index contributed by atoms with van der Waals surface area (Å²) in [6.45, 7) is 7.49. The second-order valence-electron chi connectivity index (χ2n) is 6.08. The number of nitrogens with zero attached hydrogens (tertiary/aromatic N) is 3. The van der Waals surface area contributed by atoms with Crippen molar-refractivity contribution in [2.24, 2.45) is 0 Å². The molecule has 7 nitrogen and oxygen atoms in total. The van der Waals surface area contributed by atoms with E-state index < -0.39 is 9.84 Å². The third kappa shape index (κ3) is 4.35. The van der Waals surface area contributed by atoms with E-state index in [0.717, 1.165) is 11.1 Å². The highest BCUT2D eigenvalue weighted by Gasteiger charge is 2.25. The highest BCUT2D eigenvalue weighted by Crippen LogP contribution is 2.22. The van der Waals surface area contributed by atoms with Crippen LogP contribution in [0.25, 0.3) is 0 Å². The molecule has 0 spiro atoms. The van der Waals surface area contributed by atoms with Gasteiger partial charge in [0.1, 0.15) is 6.07 Å². The van der Waals surface area contributed by atoms with E-state index in [0.29, 0.717) is 32.8 Å². The van der Waals surface area contributed by atoms with Crippen LogP contribution in [0.1, 0.15) is 18.1 Å². The Balaban J connectivity index is 2.17. The third-order valence-electron chi connectivity index (χ3n) is 4.33. The van der Waals surface area contributed by atoms with E-state index in [1.165, 1.54) is 12.3 Å². The van der Waals surface area contributed by atoms with E-state index in [1.807, 2.05) is 13.8 Å². The van der Waals surface area contributed by atoms with Crippen LogP contribution >= 0.6 is 0 Å². The molecule has 1 fully saturated rings. The summed E-state index contributed by atoms with van der Waals surface area (Å²) in [5.41, 5.74) is 1.84. The van der Waals surface area contributed by atoms with Gasteiger partial charge in [0.05, 0.1) is 11.5 Å². The fourth-order valence-electron chi connectivity index (χ4n) is 2.58. The SMILES string of the molecule is CCOC(=O)N1CCN(C=C(C#N)S(=O)(=O)c2ccc(C)c(C)c2)CC1. The van der Waals surface area contributed by atoms with Gasteiger partial charge in [-0.2, -0.15) is 5.26 Å². The van der Waals surface area contributed by atoms with Gasteiger partial charge in [-0.25, -0.2) is 13.2 Å². The molecule has 0 bridgehead atoms.